The van der Waals surface area contributed by atoms with E-state index >= 15 is 0 Å². The Morgan fingerprint density at radius 1 is 1.05 bits per heavy atom. The summed E-state index contributed by atoms with van der Waals surface area (Å²) in [6, 6.07) is 12.9. The maximum Gasteiger partial charge on any atom is 0.438 e. The number of ether oxygens (including phenoxy) is 1. The van der Waals surface area contributed by atoms with Gasteiger partial charge < -0.3 is 20.1 Å². The molecule has 1 aliphatic rings. The quantitative estimate of drug-likeness (QED) is 0.470. The highest BCUT2D eigenvalue weighted by Crippen LogP contribution is 2.40. The SMILES string of the molecule is COCC(=O)N1C=C(c2ccccc2)N(C(Cc2ccccc2)C(O)(NC(C)=O)C(F)(F)F)C(=O)[C@H]1C(C)C. The van der Waals surface area contributed by atoms with E-state index in [-0.39, 0.29) is 12.3 Å². The van der Waals surface area contributed by atoms with Gasteiger partial charge in [-0.25, -0.2) is 0 Å². The molecule has 1 aliphatic heterocycles. The summed E-state index contributed by atoms with van der Waals surface area (Å²) in [5.74, 6) is -3.07. The zero-order valence-electron chi connectivity index (χ0n) is 22.1. The van der Waals surface area contributed by atoms with Gasteiger partial charge in [-0.15, -0.1) is 0 Å². The summed E-state index contributed by atoms with van der Waals surface area (Å²) >= 11 is 0. The van der Waals surface area contributed by atoms with Crippen molar-refractivity contribution >= 4 is 23.4 Å². The van der Waals surface area contributed by atoms with Crippen LogP contribution in [0.1, 0.15) is 31.9 Å². The summed E-state index contributed by atoms with van der Waals surface area (Å²) in [4.78, 5) is 41.3. The predicted molar refractivity (Wildman–Crippen MR) is 137 cm³/mol. The highest BCUT2D eigenvalue weighted by atomic mass is 19.4. The van der Waals surface area contributed by atoms with Gasteiger partial charge in [0.15, 0.2) is 0 Å². The Morgan fingerprint density at radius 3 is 2.10 bits per heavy atom. The van der Waals surface area contributed by atoms with Crippen LogP contribution in [0.3, 0.4) is 0 Å². The number of rotatable bonds is 9. The fourth-order valence-electron chi connectivity index (χ4n) is 4.70. The Hall–Kier alpha value is -3.70. The molecule has 11 heteroatoms. The van der Waals surface area contributed by atoms with Gasteiger partial charge >= 0.3 is 6.18 Å². The average molecular weight is 548 g/mol. The molecule has 3 rings (SSSR count). The predicted octanol–water partition coefficient (Wildman–Crippen LogP) is 3.33. The van der Waals surface area contributed by atoms with Crippen LogP contribution in [0.15, 0.2) is 66.9 Å². The fourth-order valence-corrected chi connectivity index (χ4v) is 4.70. The van der Waals surface area contributed by atoms with E-state index in [4.69, 9.17) is 4.74 Å². The van der Waals surface area contributed by atoms with Gasteiger partial charge in [-0.3, -0.25) is 19.3 Å². The maximum absolute atomic E-state index is 14.7. The molecule has 2 aromatic rings. The molecule has 0 aromatic heterocycles. The van der Waals surface area contributed by atoms with Crippen molar-refractivity contribution in [2.75, 3.05) is 13.7 Å². The van der Waals surface area contributed by atoms with Gasteiger partial charge in [0.05, 0.1) is 11.7 Å². The van der Waals surface area contributed by atoms with Crippen molar-refractivity contribution in [1.29, 1.82) is 0 Å². The summed E-state index contributed by atoms with van der Waals surface area (Å²) in [5.41, 5.74) is -3.17. The Labute approximate surface area is 225 Å². The molecular weight excluding hydrogens is 515 g/mol. The minimum absolute atomic E-state index is 0.0455. The first kappa shape index (κ1) is 29.9. The summed E-state index contributed by atoms with van der Waals surface area (Å²) in [7, 11) is 1.31. The molecule has 39 heavy (non-hydrogen) atoms. The lowest BCUT2D eigenvalue weighted by molar-refractivity contribution is -0.287. The van der Waals surface area contributed by atoms with Crippen LogP contribution < -0.4 is 5.32 Å². The second-order valence-corrected chi connectivity index (χ2v) is 9.66. The third kappa shape index (κ3) is 6.31. The standard InChI is InChI=1S/C28H32F3N3O5/c1-18(2)25-26(37)34(22(21-13-9-6-10-14-21)16-33(25)24(36)17-39-4)23(15-20-11-7-5-8-12-20)27(38,28(29,30)31)32-19(3)35/h5-14,16,18,23,25,38H,15,17H2,1-4H3,(H,32,35)/t23?,25-,27?/m1/s1. The zero-order chi connectivity index (χ0) is 29.0. The van der Waals surface area contributed by atoms with Crippen LogP contribution in [0.5, 0.6) is 0 Å². The lowest BCUT2D eigenvalue weighted by Crippen LogP contribution is -2.72. The Morgan fingerprint density at radius 2 is 1.62 bits per heavy atom. The number of benzene rings is 2. The van der Waals surface area contributed by atoms with Gasteiger partial charge in [-0.2, -0.15) is 13.2 Å². The summed E-state index contributed by atoms with van der Waals surface area (Å²) in [6.07, 6.45) is -4.54. The van der Waals surface area contributed by atoms with E-state index < -0.39 is 54.0 Å². The van der Waals surface area contributed by atoms with Crippen molar-refractivity contribution in [3.63, 3.8) is 0 Å². The minimum atomic E-state index is -5.38. The molecule has 0 saturated heterocycles. The minimum Gasteiger partial charge on any atom is -0.375 e. The fraction of sp³-hybridized carbons (Fsp3) is 0.393. The number of aliphatic hydroxyl groups is 1. The first-order valence-corrected chi connectivity index (χ1v) is 12.3. The number of hydrogen-bond donors (Lipinski definition) is 2. The third-order valence-corrected chi connectivity index (χ3v) is 6.43. The maximum atomic E-state index is 14.7. The molecule has 3 atom stereocenters. The molecule has 2 N–H and O–H groups in total. The van der Waals surface area contributed by atoms with Crippen LogP contribution in [0.4, 0.5) is 13.2 Å². The first-order chi connectivity index (χ1) is 18.3. The molecule has 0 aliphatic carbocycles. The Bertz CT molecular complexity index is 1200. The van der Waals surface area contributed by atoms with E-state index in [0.717, 1.165) is 11.8 Å². The third-order valence-electron chi connectivity index (χ3n) is 6.43. The number of hydrogen-bond acceptors (Lipinski definition) is 5. The van der Waals surface area contributed by atoms with Gasteiger partial charge in [0, 0.05) is 20.2 Å². The molecule has 0 bridgehead atoms. The molecular formula is C28H32F3N3O5. The number of alkyl halides is 3. The van der Waals surface area contributed by atoms with Crippen LogP contribution >= 0.6 is 0 Å². The summed E-state index contributed by atoms with van der Waals surface area (Å²) < 4.78 is 49.0. The average Bonchev–Trinajstić information content (AvgIpc) is 2.87. The number of amides is 3. The number of nitrogens with one attached hydrogen (secondary N) is 1. The van der Waals surface area contributed by atoms with E-state index in [9.17, 15) is 32.7 Å². The second kappa shape index (κ2) is 12.0. The lowest BCUT2D eigenvalue weighted by Gasteiger charge is -2.49. The molecule has 210 valence electrons. The van der Waals surface area contributed by atoms with Crippen molar-refractivity contribution in [3.8, 4) is 0 Å². The van der Waals surface area contributed by atoms with Gasteiger partial charge in [-0.05, 0) is 23.5 Å². The normalized spacial score (nSPS) is 18.4. The first-order valence-electron chi connectivity index (χ1n) is 12.3. The zero-order valence-corrected chi connectivity index (χ0v) is 22.1. The number of carbonyl (C=O) groups is 3. The van der Waals surface area contributed by atoms with Crippen LogP contribution in [0.25, 0.3) is 5.70 Å². The van der Waals surface area contributed by atoms with Crippen LogP contribution in [0, 0.1) is 5.92 Å². The smallest absolute Gasteiger partial charge is 0.375 e. The number of carbonyl (C=O) groups excluding carboxylic acids is 3. The Balaban J connectivity index is 2.35. The van der Waals surface area contributed by atoms with Crippen LogP contribution in [-0.4, -0.2) is 70.3 Å². The molecule has 0 saturated carbocycles. The molecule has 2 aromatic carbocycles. The van der Waals surface area contributed by atoms with E-state index in [1.807, 2.05) is 0 Å². The second-order valence-electron chi connectivity index (χ2n) is 9.66. The summed E-state index contributed by atoms with van der Waals surface area (Å²) in [5, 5.41) is 13.0. The molecule has 0 fully saturated rings. The van der Waals surface area contributed by atoms with E-state index in [0.29, 0.717) is 11.1 Å². The molecule has 1 heterocycles. The highest BCUT2D eigenvalue weighted by Gasteiger charge is 2.63. The van der Waals surface area contributed by atoms with Crippen molar-refractivity contribution in [2.24, 2.45) is 5.92 Å². The molecule has 8 nitrogen and oxygen atoms in total. The van der Waals surface area contributed by atoms with Gasteiger partial charge in [0.25, 0.3) is 17.5 Å². The lowest BCUT2D eigenvalue weighted by atomic mass is 9.89. The van der Waals surface area contributed by atoms with Crippen molar-refractivity contribution in [3.05, 3.63) is 78.0 Å². The number of nitrogens with zero attached hydrogens (tertiary/aromatic N) is 2. The number of methoxy groups -OCH3 is 1. The highest BCUT2D eigenvalue weighted by molar-refractivity contribution is 5.98. The van der Waals surface area contributed by atoms with Gasteiger partial charge in [-0.1, -0.05) is 74.5 Å². The van der Waals surface area contributed by atoms with Crippen LogP contribution in [0.2, 0.25) is 0 Å². The molecule has 0 spiro atoms. The van der Waals surface area contributed by atoms with Crippen LogP contribution in [-0.2, 0) is 25.5 Å². The van der Waals surface area contributed by atoms with Crippen molar-refractivity contribution < 1.29 is 37.4 Å². The van der Waals surface area contributed by atoms with E-state index in [2.05, 4.69) is 0 Å². The number of halogens is 3. The van der Waals surface area contributed by atoms with Gasteiger partial charge in [0.2, 0.25) is 5.91 Å². The monoisotopic (exact) mass is 547 g/mol. The van der Waals surface area contributed by atoms with Crippen molar-refractivity contribution in [2.45, 2.75) is 51.2 Å². The summed E-state index contributed by atoms with van der Waals surface area (Å²) in [6.45, 7) is 3.81. The van der Waals surface area contributed by atoms with Crippen molar-refractivity contribution in [1.82, 2.24) is 15.1 Å². The molecule has 3 amide bonds. The largest absolute Gasteiger partial charge is 0.438 e. The Kier molecular flexibility index (Phi) is 9.18. The molecule has 2 unspecified atom stereocenters. The van der Waals surface area contributed by atoms with Gasteiger partial charge in [0.1, 0.15) is 12.6 Å². The van der Waals surface area contributed by atoms with E-state index in [1.54, 1.807) is 79.8 Å². The topological polar surface area (TPSA) is 99.2 Å². The molecule has 0 radical (unpaired) electrons. The van der Waals surface area contributed by atoms with E-state index in [1.165, 1.54) is 18.2 Å².